The number of nitrogens with one attached hydrogen (secondary N) is 1. The molecule has 0 unspecified atom stereocenters. The number of likely N-dealkylation sites (tertiary alicyclic amines) is 1. The number of halogens is 3. The summed E-state index contributed by atoms with van der Waals surface area (Å²) < 4.78 is 39.9. The van der Waals surface area contributed by atoms with E-state index in [1.54, 1.807) is 29.2 Å². The molecule has 1 heterocycles. The van der Waals surface area contributed by atoms with Gasteiger partial charge in [0.15, 0.2) is 0 Å². The van der Waals surface area contributed by atoms with Gasteiger partial charge in [0.1, 0.15) is 6.04 Å². The van der Waals surface area contributed by atoms with E-state index in [1.807, 2.05) is 38.1 Å². The number of hydrogen-bond donors (Lipinski definition) is 1. The predicted octanol–water partition coefficient (Wildman–Crippen LogP) is 5.26. The van der Waals surface area contributed by atoms with Gasteiger partial charge in [0.25, 0.3) is 0 Å². The Kier molecular flexibility index (Phi) is 6.08. The van der Waals surface area contributed by atoms with E-state index in [4.69, 9.17) is 0 Å². The fourth-order valence-corrected chi connectivity index (χ4v) is 3.74. The summed E-state index contributed by atoms with van der Waals surface area (Å²) in [6, 6.07) is 14.0. The van der Waals surface area contributed by atoms with Crippen molar-refractivity contribution in [2.45, 2.75) is 38.9 Å². The predicted molar refractivity (Wildman–Crippen MR) is 104 cm³/mol. The molecule has 0 aliphatic carbocycles. The molecule has 1 saturated heterocycles. The smallest absolute Gasteiger partial charge is 0.324 e. The average Bonchev–Trinajstić information content (AvgIpc) is 2.65. The molecule has 2 atom stereocenters. The maximum absolute atomic E-state index is 13.3. The standard InChI is InChI=1S/C22H25F3N2O/c1-15-10-11-16(2)19(13-15)26-21(28)20(17-7-4-3-5-8-17)27-12-6-9-18(14-27)22(23,24)25/h3-5,7-8,10-11,13,18,20H,6,9,12,14H2,1-2H3,(H,26,28)/t18-,20+/m0/s1. The second-order valence-electron chi connectivity index (χ2n) is 7.50. The van der Waals surface area contributed by atoms with Gasteiger partial charge < -0.3 is 5.32 Å². The van der Waals surface area contributed by atoms with E-state index in [0.717, 1.165) is 11.1 Å². The van der Waals surface area contributed by atoms with Crippen LogP contribution in [0.4, 0.5) is 18.9 Å². The van der Waals surface area contributed by atoms with Gasteiger partial charge in [0.2, 0.25) is 5.91 Å². The highest BCUT2D eigenvalue weighted by Crippen LogP contribution is 2.36. The number of carbonyl (C=O) groups excluding carboxylic acids is 1. The summed E-state index contributed by atoms with van der Waals surface area (Å²) in [6.45, 7) is 4.13. The van der Waals surface area contributed by atoms with Gasteiger partial charge in [-0.05, 0) is 56.0 Å². The topological polar surface area (TPSA) is 32.3 Å². The third kappa shape index (κ3) is 4.73. The average molecular weight is 390 g/mol. The summed E-state index contributed by atoms with van der Waals surface area (Å²) in [5.74, 6) is -1.70. The fraction of sp³-hybridized carbons (Fsp3) is 0.409. The van der Waals surface area contributed by atoms with Crippen molar-refractivity contribution in [1.29, 1.82) is 0 Å². The first-order chi connectivity index (χ1) is 13.3. The minimum atomic E-state index is -4.25. The highest BCUT2D eigenvalue weighted by atomic mass is 19.4. The summed E-state index contributed by atoms with van der Waals surface area (Å²) in [7, 11) is 0. The van der Waals surface area contributed by atoms with E-state index in [2.05, 4.69) is 5.32 Å². The van der Waals surface area contributed by atoms with E-state index in [0.29, 0.717) is 24.2 Å². The molecule has 0 radical (unpaired) electrons. The molecule has 2 aromatic rings. The van der Waals surface area contributed by atoms with Crippen LogP contribution in [0.25, 0.3) is 0 Å². The van der Waals surface area contributed by atoms with Gasteiger partial charge in [-0.15, -0.1) is 0 Å². The number of aryl methyl sites for hydroxylation is 2. The zero-order chi connectivity index (χ0) is 20.3. The number of rotatable bonds is 4. The van der Waals surface area contributed by atoms with Crippen LogP contribution >= 0.6 is 0 Å². The van der Waals surface area contributed by atoms with Crippen molar-refractivity contribution in [3.05, 3.63) is 65.2 Å². The highest BCUT2D eigenvalue weighted by molar-refractivity contribution is 5.96. The lowest BCUT2D eigenvalue weighted by atomic mass is 9.94. The minimum Gasteiger partial charge on any atom is -0.324 e. The van der Waals surface area contributed by atoms with Crippen molar-refractivity contribution in [3.63, 3.8) is 0 Å². The Morgan fingerprint density at radius 2 is 1.86 bits per heavy atom. The largest absolute Gasteiger partial charge is 0.393 e. The molecule has 150 valence electrons. The van der Waals surface area contributed by atoms with Gasteiger partial charge in [-0.25, -0.2) is 0 Å². The van der Waals surface area contributed by atoms with Gasteiger partial charge in [-0.2, -0.15) is 13.2 Å². The monoisotopic (exact) mass is 390 g/mol. The normalized spacial score (nSPS) is 19.2. The second-order valence-corrected chi connectivity index (χ2v) is 7.50. The summed E-state index contributed by atoms with van der Waals surface area (Å²) in [5.41, 5.74) is 3.31. The highest BCUT2D eigenvalue weighted by Gasteiger charge is 2.44. The molecule has 1 N–H and O–H groups in total. The van der Waals surface area contributed by atoms with Gasteiger partial charge in [0, 0.05) is 12.2 Å². The quantitative estimate of drug-likeness (QED) is 0.773. The lowest BCUT2D eigenvalue weighted by Crippen LogP contribution is -2.46. The molecule has 1 aliphatic heterocycles. The van der Waals surface area contributed by atoms with Crippen LogP contribution in [0.5, 0.6) is 0 Å². The zero-order valence-corrected chi connectivity index (χ0v) is 16.1. The van der Waals surface area contributed by atoms with E-state index in [-0.39, 0.29) is 18.9 Å². The first-order valence-electron chi connectivity index (χ1n) is 9.49. The molecule has 0 bridgehead atoms. The first-order valence-corrected chi connectivity index (χ1v) is 9.49. The molecular weight excluding hydrogens is 365 g/mol. The Bertz CT molecular complexity index is 820. The van der Waals surface area contributed by atoms with Gasteiger partial charge in [0.05, 0.1) is 5.92 Å². The lowest BCUT2D eigenvalue weighted by molar-refractivity contribution is -0.189. The van der Waals surface area contributed by atoms with Crippen LogP contribution in [-0.4, -0.2) is 30.1 Å². The summed E-state index contributed by atoms with van der Waals surface area (Å²) >= 11 is 0. The summed E-state index contributed by atoms with van der Waals surface area (Å²) in [5, 5.41) is 2.94. The molecular formula is C22H25F3N2O. The molecule has 3 rings (SSSR count). The van der Waals surface area contributed by atoms with Crippen molar-refractivity contribution in [1.82, 2.24) is 4.90 Å². The van der Waals surface area contributed by atoms with E-state index in [9.17, 15) is 18.0 Å². The van der Waals surface area contributed by atoms with Crippen molar-refractivity contribution in [3.8, 4) is 0 Å². The molecule has 0 aromatic heterocycles. The summed E-state index contributed by atoms with van der Waals surface area (Å²) in [6.07, 6.45) is -3.71. The van der Waals surface area contributed by atoms with Crippen LogP contribution in [0.1, 0.15) is 35.6 Å². The third-order valence-corrected chi connectivity index (χ3v) is 5.30. The van der Waals surface area contributed by atoms with Crippen LogP contribution in [0.15, 0.2) is 48.5 Å². The Hall–Kier alpha value is -2.34. The fourth-order valence-electron chi connectivity index (χ4n) is 3.74. The van der Waals surface area contributed by atoms with Crippen molar-refractivity contribution >= 4 is 11.6 Å². The molecule has 1 aliphatic rings. The molecule has 0 saturated carbocycles. The molecule has 3 nitrogen and oxygen atoms in total. The van der Waals surface area contributed by atoms with Crippen LogP contribution in [0.2, 0.25) is 0 Å². The Labute approximate surface area is 163 Å². The number of benzene rings is 2. The molecule has 0 spiro atoms. The Morgan fingerprint density at radius 3 is 2.54 bits per heavy atom. The molecule has 2 aromatic carbocycles. The van der Waals surface area contributed by atoms with Crippen molar-refractivity contribution in [2.24, 2.45) is 5.92 Å². The second kappa shape index (κ2) is 8.35. The number of carbonyl (C=O) groups is 1. The maximum Gasteiger partial charge on any atom is 0.393 e. The lowest BCUT2D eigenvalue weighted by Gasteiger charge is -2.38. The van der Waals surface area contributed by atoms with Crippen molar-refractivity contribution < 1.29 is 18.0 Å². The molecule has 1 amide bonds. The van der Waals surface area contributed by atoms with Crippen molar-refractivity contribution in [2.75, 3.05) is 18.4 Å². The maximum atomic E-state index is 13.3. The SMILES string of the molecule is Cc1ccc(C)c(NC(=O)[C@@H](c2ccccc2)N2CCC[C@H](C(F)(F)F)C2)c1. The van der Waals surface area contributed by atoms with Crippen LogP contribution in [0.3, 0.4) is 0 Å². The van der Waals surface area contributed by atoms with Gasteiger partial charge >= 0.3 is 6.18 Å². The van der Waals surface area contributed by atoms with Gasteiger partial charge in [-0.3, -0.25) is 9.69 Å². The number of hydrogen-bond acceptors (Lipinski definition) is 2. The van der Waals surface area contributed by atoms with Crippen LogP contribution in [-0.2, 0) is 4.79 Å². The first kappa shape index (κ1) is 20.4. The van der Waals surface area contributed by atoms with E-state index < -0.39 is 18.1 Å². The van der Waals surface area contributed by atoms with E-state index in [1.165, 1.54) is 0 Å². The number of anilines is 1. The van der Waals surface area contributed by atoms with Gasteiger partial charge in [-0.1, -0.05) is 42.5 Å². The Balaban J connectivity index is 1.89. The van der Waals surface area contributed by atoms with Crippen LogP contribution < -0.4 is 5.32 Å². The van der Waals surface area contributed by atoms with Crippen LogP contribution in [0, 0.1) is 19.8 Å². The van der Waals surface area contributed by atoms with E-state index >= 15 is 0 Å². The number of amides is 1. The summed E-state index contributed by atoms with van der Waals surface area (Å²) in [4.78, 5) is 14.9. The molecule has 1 fully saturated rings. The minimum absolute atomic E-state index is 0.111. The zero-order valence-electron chi connectivity index (χ0n) is 16.1. The molecule has 28 heavy (non-hydrogen) atoms. The number of piperidine rings is 1. The number of nitrogens with zero attached hydrogens (tertiary/aromatic N) is 1. The Morgan fingerprint density at radius 1 is 1.14 bits per heavy atom. The molecule has 6 heteroatoms. The third-order valence-electron chi connectivity index (χ3n) is 5.30. The number of alkyl halides is 3.